The molecule has 0 aliphatic carbocycles. The number of halogens is 3. The summed E-state index contributed by atoms with van der Waals surface area (Å²) in [6.07, 6.45) is -4.34. The van der Waals surface area contributed by atoms with Crippen LogP contribution in [0, 0.1) is 6.92 Å². The van der Waals surface area contributed by atoms with Crippen LogP contribution in [0.15, 0.2) is 18.2 Å². The summed E-state index contributed by atoms with van der Waals surface area (Å²) < 4.78 is 39.2. The zero-order valence-corrected chi connectivity index (χ0v) is 7.71. The average molecular weight is 207 g/mol. The zero-order chi connectivity index (χ0) is 10.1. The number of anilines is 1. The molecular formula is C8H8F3NS. The Kier molecular flexibility index (Phi) is 2.75. The van der Waals surface area contributed by atoms with E-state index in [1.807, 2.05) is 0 Å². The molecule has 0 unspecified atom stereocenters. The largest absolute Gasteiger partial charge is 0.418 e. The van der Waals surface area contributed by atoms with Crippen LogP contribution in [0.3, 0.4) is 0 Å². The van der Waals surface area contributed by atoms with E-state index in [-0.39, 0.29) is 5.69 Å². The number of nitrogens with one attached hydrogen (secondary N) is 1. The fraction of sp³-hybridized carbons (Fsp3) is 0.250. The van der Waals surface area contributed by atoms with Gasteiger partial charge in [0.1, 0.15) is 0 Å². The predicted molar refractivity (Wildman–Crippen MR) is 48.8 cm³/mol. The third-order valence-corrected chi connectivity index (χ3v) is 1.84. The van der Waals surface area contributed by atoms with Crippen molar-refractivity contribution in [3.63, 3.8) is 0 Å². The van der Waals surface area contributed by atoms with Crippen LogP contribution in [0.25, 0.3) is 0 Å². The second-order valence-electron chi connectivity index (χ2n) is 2.66. The highest BCUT2D eigenvalue weighted by Crippen LogP contribution is 2.35. The molecule has 1 nitrogen and oxygen atoms in total. The zero-order valence-electron chi connectivity index (χ0n) is 6.81. The van der Waals surface area contributed by atoms with Gasteiger partial charge in [-0.1, -0.05) is 24.4 Å². The normalized spacial score (nSPS) is 11.5. The molecule has 72 valence electrons. The summed E-state index contributed by atoms with van der Waals surface area (Å²) in [7, 11) is 0. The molecule has 1 rings (SSSR count). The summed E-state index contributed by atoms with van der Waals surface area (Å²) in [5, 5.41) is 0. The molecule has 0 bridgehead atoms. The van der Waals surface area contributed by atoms with Gasteiger partial charge in [-0.05, 0) is 19.1 Å². The standard InChI is InChI=1S/C8H8F3NS/c1-5-2-3-7(12-13)6(4-5)8(9,10)11/h2-4,12-13H,1H3. The lowest BCUT2D eigenvalue weighted by atomic mass is 10.1. The molecule has 5 heteroatoms. The molecule has 0 heterocycles. The molecule has 0 spiro atoms. The van der Waals surface area contributed by atoms with E-state index in [2.05, 4.69) is 17.5 Å². The molecule has 0 fully saturated rings. The second kappa shape index (κ2) is 3.49. The number of benzene rings is 1. The van der Waals surface area contributed by atoms with Gasteiger partial charge in [-0.3, -0.25) is 0 Å². The quantitative estimate of drug-likeness (QED) is 0.673. The number of thiol groups is 1. The molecule has 1 aromatic rings. The van der Waals surface area contributed by atoms with Crippen molar-refractivity contribution in [3.05, 3.63) is 29.3 Å². The summed E-state index contributed by atoms with van der Waals surface area (Å²) in [5.74, 6) is 0. The molecular weight excluding hydrogens is 199 g/mol. The molecule has 1 N–H and O–H groups in total. The van der Waals surface area contributed by atoms with Crippen molar-refractivity contribution in [2.75, 3.05) is 4.72 Å². The van der Waals surface area contributed by atoms with Crippen LogP contribution in [0.1, 0.15) is 11.1 Å². The van der Waals surface area contributed by atoms with Crippen LogP contribution in [0.4, 0.5) is 18.9 Å². The van der Waals surface area contributed by atoms with E-state index >= 15 is 0 Å². The first-order valence-corrected chi connectivity index (χ1v) is 3.98. The Balaban J connectivity index is 3.24. The van der Waals surface area contributed by atoms with Crippen LogP contribution in [-0.2, 0) is 6.18 Å². The first-order valence-electron chi connectivity index (χ1n) is 3.53. The lowest BCUT2D eigenvalue weighted by Crippen LogP contribution is -2.07. The molecule has 0 atom stereocenters. The molecule has 0 saturated carbocycles. The summed E-state index contributed by atoms with van der Waals surface area (Å²) >= 11 is 3.60. The summed E-state index contributed by atoms with van der Waals surface area (Å²) in [6, 6.07) is 4.03. The summed E-state index contributed by atoms with van der Waals surface area (Å²) in [6.45, 7) is 1.61. The number of hydrogen-bond acceptors (Lipinski definition) is 2. The van der Waals surface area contributed by atoms with Crippen molar-refractivity contribution in [1.82, 2.24) is 0 Å². The van der Waals surface area contributed by atoms with Gasteiger partial charge < -0.3 is 4.72 Å². The van der Waals surface area contributed by atoms with Crippen molar-refractivity contribution in [2.24, 2.45) is 0 Å². The predicted octanol–water partition coefficient (Wildman–Crippen LogP) is 3.27. The molecule has 0 aliphatic heterocycles. The number of aryl methyl sites for hydroxylation is 1. The van der Waals surface area contributed by atoms with Gasteiger partial charge in [0.2, 0.25) is 0 Å². The van der Waals surface area contributed by atoms with Crippen LogP contribution < -0.4 is 4.72 Å². The first kappa shape index (κ1) is 10.2. The topological polar surface area (TPSA) is 12.0 Å². The van der Waals surface area contributed by atoms with E-state index < -0.39 is 11.7 Å². The third-order valence-electron chi connectivity index (χ3n) is 1.60. The number of rotatable bonds is 1. The Morgan fingerprint density at radius 1 is 1.31 bits per heavy atom. The molecule has 13 heavy (non-hydrogen) atoms. The highest BCUT2D eigenvalue weighted by atomic mass is 32.1. The van der Waals surface area contributed by atoms with Crippen LogP contribution in [0.5, 0.6) is 0 Å². The Labute approximate surface area is 79.5 Å². The van der Waals surface area contributed by atoms with Gasteiger partial charge in [-0.2, -0.15) is 13.2 Å². The Morgan fingerprint density at radius 2 is 1.92 bits per heavy atom. The minimum absolute atomic E-state index is 0.0265. The maximum atomic E-state index is 12.3. The van der Waals surface area contributed by atoms with Gasteiger partial charge in [-0.25, -0.2) is 0 Å². The van der Waals surface area contributed by atoms with Crippen molar-refractivity contribution in [1.29, 1.82) is 0 Å². The Bertz CT molecular complexity index is 309. The van der Waals surface area contributed by atoms with Crippen LogP contribution >= 0.6 is 12.8 Å². The summed E-state index contributed by atoms with van der Waals surface area (Å²) in [4.78, 5) is 0. The summed E-state index contributed by atoms with van der Waals surface area (Å²) in [5.41, 5.74) is -0.149. The van der Waals surface area contributed by atoms with Crippen LogP contribution in [0.2, 0.25) is 0 Å². The van der Waals surface area contributed by atoms with E-state index in [0.717, 1.165) is 6.07 Å². The van der Waals surface area contributed by atoms with Gasteiger partial charge in [0, 0.05) is 0 Å². The van der Waals surface area contributed by atoms with Crippen LogP contribution in [-0.4, -0.2) is 0 Å². The van der Waals surface area contributed by atoms with Gasteiger partial charge in [-0.15, -0.1) is 0 Å². The maximum Gasteiger partial charge on any atom is 0.418 e. The third kappa shape index (κ3) is 2.30. The lowest BCUT2D eigenvalue weighted by molar-refractivity contribution is -0.136. The molecule has 0 aliphatic rings. The van der Waals surface area contributed by atoms with E-state index in [1.54, 1.807) is 13.0 Å². The molecule has 1 aromatic carbocycles. The van der Waals surface area contributed by atoms with E-state index in [0.29, 0.717) is 5.56 Å². The minimum Gasteiger partial charge on any atom is -0.332 e. The Morgan fingerprint density at radius 3 is 2.38 bits per heavy atom. The highest BCUT2D eigenvalue weighted by Gasteiger charge is 2.33. The van der Waals surface area contributed by atoms with Gasteiger partial charge in [0.15, 0.2) is 0 Å². The van der Waals surface area contributed by atoms with Crippen molar-refractivity contribution < 1.29 is 13.2 Å². The van der Waals surface area contributed by atoms with Gasteiger partial charge >= 0.3 is 6.18 Å². The number of alkyl halides is 3. The highest BCUT2D eigenvalue weighted by molar-refractivity contribution is 7.81. The van der Waals surface area contributed by atoms with E-state index in [1.165, 1.54) is 6.07 Å². The van der Waals surface area contributed by atoms with E-state index in [9.17, 15) is 13.2 Å². The minimum atomic E-state index is -4.34. The maximum absolute atomic E-state index is 12.3. The second-order valence-corrected chi connectivity index (χ2v) is 2.88. The van der Waals surface area contributed by atoms with Crippen molar-refractivity contribution in [3.8, 4) is 0 Å². The molecule has 0 saturated heterocycles. The van der Waals surface area contributed by atoms with Gasteiger partial charge in [0.25, 0.3) is 0 Å². The lowest BCUT2D eigenvalue weighted by Gasteiger charge is -2.12. The fourth-order valence-electron chi connectivity index (χ4n) is 0.990. The molecule has 0 amide bonds. The monoisotopic (exact) mass is 207 g/mol. The van der Waals surface area contributed by atoms with E-state index in [4.69, 9.17) is 0 Å². The molecule has 0 aromatic heterocycles. The fourth-order valence-corrected chi connectivity index (χ4v) is 1.19. The first-order chi connectivity index (χ1) is 5.95. The van der Waals surface area contributed by atoms with Crippen molar-refractivity contribution >= 4 is 18.5 Å². The SMILES string of the molecule is Cc1ccc(NS)c(C(F)(F)F)c1. The van der Waals surface area contributed by atoms with Crippen molar-refractivity contribution in [2.45, 2.75) is 13.1 Å². The number of hydrogen-bond donors (Lipinski definition) is 2. The smallest absolute Gasteiger partial charge is 0.332 e. The average Bonchev–Trinajstić information content (AvgIpc) is 2.03. The Hall–Kier alpha value is -0.840. The van der Waals surface area contributed by atoms with Gasteiger partial charge in [0.05, 0.1) is 11.3 Å². The molecule has 0 radical (unpaired) electrons.